The number of H-pyrrole nitrogens is 1. The van der Waals surface area contributed by atoms with Crippen LogP contribution in [0.2, 0.25) is 0 Å². The van der Waals surface area contributed by atoms with E-state index in [0.717, 1.165) is 23.6 Å². The van der Waals surface area contributed by atoms with Crippen LogP contribution in [0.1, 0.15) is 42.2 Å². The predicted molar refractivity (Wildman–Crippen MR) is 64.7 cm³/mol. The molecule has 0 spiro atoms. The molecule has 0 amide bonds. The molecule has 1 aromatic heterocycles. The first-order valence-corrected chi connectivity index (χ1v) is 5.78. The predicted octanol–water partition coefficient (Wildman–Crippen LogP) is 3.11. The number of para-hydroxylation sites is 1. The highest BCUT2D eigenvalue weighted by atomic mass is 16.1. The summed E-state index contributed by atoms with van der Waals surface area (Å²) in [6, 6.07) is 6.03. The standard InChI is InChI=1S/C13H16N2O/c1-2-3-4-6-10-7-5-8-11-12(9-16)14-15-13(10)11/h5,7-9H,2-4,6H2,1H3,(H,14,15). The fraction of sp³-hybridized carbons (Fsp3) is 0.385. The Morgan fingerprint density at radius 3 is 3.00 bits per heavy atom. The summed E-state index contributed by atoms with van der Waals surface area (Å²) < 4.78 is 0. The van der Waals surface area contributed by atoms with E-state index in [-0.39, 0.29) is 0 Å². The van der Waals surface area contributed by atoms with E-state index in [1.54, 1.807) is 0 Å². The SMILES string of the molecule is CCCCCc1cccc2c(C=O)n[nH]c12. The van der Waals surface area contributed by atoms with Crippen LogP contribution in [0.3, 0.4) is 0 Å². The Morgan fingerprint density at radius 1 is 1.38 bits per heavy atom. The molecule has 0 saturated heterocycles. The van der Waals surface area contributed by atoms with E-state index in [4.69, 9.17) is 0 Å². The molecule has 84 valence electrons. The number of rotatable bonds is 5. The number of hydrogen-bond acceptors (Lipinski definition) is 2. The molecule has 0 aliphatic carbocycles. The van der Waals surface area contributed by atoms with E-state index in [1.165, 1.54) is 24.8 Å². The first kappa shape index (κ1) is 10.9. The third-order valence-electron chi connectivity index (χ3n) is 2.88. The minimum atomic E-state index is 0.507. The van der Waals surface area contributed by atoms with Crippen molar-refractivity contribution in [2.24, 2.45) is 0 Å². The third kappa shape index (κ3) is 1.98. The van der Waals surface area contributed by atoms with Crippen LogP contribution in [-0.2, 0) is 6.42 Å². The molecule has 3 nitrogen and oxygen atoms in total. The molecule has 0 bridgehead atoms. The van der Waals surface area contributed by atoms with Gasteiger partial charge in [-0.1, -0.05) is 38.0 Å². The molecule has 2 rings (SSSR count). The fourth-order valence-corrected chi connectivity index (χ4v) is 1.99. The molecule has 2 aromatic rings. The Balaban J connectivity index is 2.31. The lowest BCUT2D eigenvalue weighted by atomic mass is 10.0. The van der Waals surface area contributed by atoms with Gasteiger partial charge >= 0.3 is 0 Å². The summed E-state index contributed by atoms with van der Waals surface area (Å²) in [6.45, 7) is 2.20. The highest BCUT2D eigenvalue weighted by Gasteiger charge is 2.07. The lowest BCUT2D eigenvalue weighted by Crippen LogP contribution is -1.87. The lowest BCUT2D eigenvalue weighted by Gasteiger charge is -2.01. The number of fused-ring (bicyclic) bond motifs is 1. The number of nitrogens with one attached hydrogen (secondary N) is 1. The van der Waals surface area contributed by atoms with E-state index < -0.39 is 0 Å². The molecular weight excluding hydrogens is 200 g/mol. The maximum atomic E-state index is 10.8. The average molecular weight is 216 g/mol. The van der Waals surface area contributed by atoms with Gasteiger partial charge in [-0.25, -0.2) is 0 Å². The number of nitrogens with zero attached hydrogens (tertiary/aromatic N) is 1. The quantitative estimate of drug-likeness (QED) is 0.616. The van der Waals surface area contributed by atoms with E-state index in [1.807, 2.05) is 12.1 Å². The number of carbonyl (C=O) groups excluding carboxylic acids is 1. The second-order valence-electron chi connectivity index (χ2n) is 4.02. The maximum Gasteiger partial charge on any atom is 0.170 e. The Bertz CT molecular complexity index is 488. The number of hydrogen-bond donors (Lipinski definition) is 1. The summed E-state index contributed by atoms with van der Waals surface area (Å²) in [4.78, 5) is 10.8. The topological polar surface area (TPSA) is 45.8 Å². The van der Waals surface area contributed by atoms with Crippen LogP contribution < -0.4 is 0 Å². The van der Waals surface area contributed by atoms with Crippen molar-refractivity contribution < 1.29 is 4.79 Å². The number of aromatic nitrogens is 2. The van der Waals surface area contributed by atoms with E-state index in [9.17, 15) is 4.79 Å². The highest BCUT2D eigenvalue weighted by molar-refractivity contribution is 5.96. The van der Waals surface area contributed by atoms with Gasteiger partial charge in [0.25, 0.3) is 0 Å². The summed E-state index contributed by atoms with van der Waals surface area (Å²) >= 11 is 0. The molecule has 1 N–H and O–H groups in total. The van der Waals surface area contributed by atoms with Crippen LogP contribution in [0.25, 0.3) is 10.9 Å². The van der Waals surface area contributed by atoms with Gasteiger partial charge in [-0.15, -0.1) is 0 Å². The van der Waals surface area contributed by atoms with Gasteiger partial charge in [-0.05, 0) is 18.4 Å². The zero-order chi connectivity index (χ0) is 11.4. The number of carbonyl (C=O) groups is 1. The minimum absolute atomic E-state index is 0.507. The first-order valence-electron chi connectivity index (χ1n) is 5.78. The zero-order valence-electron chi connectivity index (χ0n) is 9.49. The highest BCUT2D eigenvalue weighted by Crippen LogP contribution is 2.20. The molecule has 0 aliphatic heterocycles. The molecule has 0 atom stereocenters. The van der Waals surface area contributed by atoms with Crippen LogP contribution in [0.4, 0.5) is 0 Å². The second kappa shape index (κ2) is 4.92. The van der Waals surface area contributed by atoms with Crippen molar-refractivity contribution in [2.75, 3.05) is 0 Å². The van der Waals surface area contributed by atoms with Crippen molar-refractivity contribution in [1.82, 2.24) is 10.2 Å². The van der Waals surface area contributed by atoms with Crippen molar-refractivity contribution in [2.45, 2.75) is 32.6 Å². The van der Waals surface area contributed by atoms with Gasteiger partial charge in [0.15, 0.2) is 6.29 Å². The van der Waals surface area contributed by atoms with Crippen LogP contribution in [0, 0.1) is 0 Å². The smallest absolute Gasteiger partial charge is 0.170 e. The third-order valence-corrected chi connectivity index (χ3v) is 2.88. The number of aryl methyl sites for hydroxylation is 1. The lowest BCUT2D eigenvalue weighted by molar-refractivity contribution is 0.112. The van der Waals surface area contributed by atoms with Gasteiger partial charge in [-0.3, -0.25) is 9.89 Å². The summed E-state index contributed by atoms with van der Waals surface area (Å²) in [5.41, 5.74) is 2.78. The van der Waals surface area contributed by atoms with Crippen molar-refractivity contribution in [3.8, 4) is 0 Å². The molecule has 3 heteroatoms. The fourth-order valence-electron chi connectivity index (χ4n) is 1.99. The van der Waals surface area contributed by atoms with Crippen molar-refractivity contribution in [3.05, 3.63) is 29.5 Å². The Hall–Kier alpha value is -1.64. The molecule has 0 aliphatic rings. The molecule has 0 fully saturated rings. The normalized spacial score (nSPS) is 10.8. The maximum absolute atomic E-state index is 10.8. The first-order chi connectivity index (χ1) is 7.86. The van der Waals surface area contributed by atoms with Crippen molar-refractivity contribution in [3.63, 3.8) is 0 Å². The van der Waals surface area contributed by atoms with Gasteiger partial charge in [0.05, 0.1) is 5.52 Å². The van der Waals surface area contributed by atoms with Crippen molar-refractivity contribution in [1.29, 1.82) is 0 Å². The van der Waals surface area contributed by atoms with Crippen molar-refractivity contribution >= 4 is 17.2 Å². The summed E-state index contributed by atoms with van der Waals surface area (Å²) in [5.74, 6) is 0. The second-order valence-corrected chi connectivity index (χ2v) is 4.02. The van der Waals surface area contributed by atoms with E-state index in [0.29, 0.717) is 5.69 Å². The number of aromatic amines is 1. The largest absolute Gasteiger partial charge is 0.296 e. The molecule has 1 heterocycles. The number of benzene rings is 1. The summed E-state index contributed by atoms with van der Waals surface area (Å²) in [6.07, 6.45) is 5.50. The molecule has 0 unspecified atom stereocenters. The van der Waals surface area contributed by atoms with Gasteiger partial charge < -0.3 is 0 Å². The van der Waals surface area contributed by atoms with Gasteiger partial charge in [-0.2, -0.15) is 5.10 Å². The minimum Gasteiger partial charge on any atom is -0.296 e. The number of aldehydes is 1. The zero-order valence-corrected chi connectivity index (χ0v) is 9.49. The molecule has 0 saturated carbocycles. The Morgan fingerprint density at radius 2 is 2.25 bits per heavy atom. The van der Waals surface area contributed by atoms with Gasteiger partial charge in [0.1, 0.15) is 5.69 Å². The average Bonchev–Trinajstić information content (AvgIpc) is 2.73. The molecule has 1 aromatic carbocycles. The molecule has 16 heavy (non-hydrogen) atoms. The molecular formula is C13H16N2O. The monoisotopic (exact) mass is 216 g/mol. The van der Waals surface area contributed by atoms with E-state index in [2.05, 4.69) is 23.2 Å². The summed E-state index contributed by atoms with van der Waals surface area (Å²) in [5, 5.41) is 7.90. The Labute approximate surface area is 94.9 Å². The van der Waals surface area contributed by atoms with Crippen LogP contribution >= 0.6 is 0 Å². The van der Waals surface area contributed by atoms with Gasteiger partial charge in [0.2, 0.25) is 0 Å². The molecule has 0 radical (unpaired) electrons. The van der Waals surface area contributed by atoms with Gasteiger partial charge in [0, 0.05) is 5.39 Å². The van der Waals surface area contributed by atoms with Crippen LogP contribution in [0.15, 0.2) is 18.2 Å². The van der Waals surface area contributed by atoms with E-state index >= 15 is 0 Å². The van der Waals surface area contributed by atoms with Crippen LogP contribution in [0.5, 0.6) is 0 Å². The van der Waals surface area contributed by atoms with Crippen LogP contribution in [-0.4, -0.2) is 16.5 Å². The summed E-state index contributed by atoms with van der Waals surface area (Å²) in [7, 11) is 0. The number of unbranched alkanes of at least 4 members (excludes halogenated alkanes) is 2. The Kier molecular flexibility index (Phi) is 3.34.